The fraction of sp³-hybridized carbons (Fsp3) is 0.667. The highest BCUT2D eigenvalue weighted by Crippen LogP contribution is 2.14. The molecule has 0 aliphatic rings. The molecule has 0 saturated heterocycles. The van der Waals surface area contributed by atoms with E-state index in [0.717, 1.165) is 96.3 Å². The number of unbranched alkanes of at least 4 members (excludes halogenated alkanes) is 19. The van der Waals surface area contributed by atoms with Gasteiger partial charge in [-0.3, -0.25) is 14.4 Å². The molecule has 358 valence electrons. The summed E-state index contributed by atoms with van der Waals surface area (Å²) in [5, 5.41) is 0. The first-order chi connectivity index (χ1) is 31.0. The van der Waals surface area contributed by atoms with Crippen LogP contribution in [0.25, 0.3) is 0 Å². The van der Waals surface area contributed by atoms with E-state index in [1.807, 2.05) is 6.08 Å². The van der Waals surface area contributed by atoms with E-state index >= 15 is 0 Å². The molecule has 0 spiro atoms. The quantitative estimate of drug-likeness (QED) is 0.0262. The second-order valence-electron chi connectivity index (χ2n) is 16.7. The summed E-state index contributed by atoms with van der Waals surface area (Å²) in [6.45, 7) is 6.38. The summed E-state index contributed by atoms with van der Waals surface area (Å²) in [7, 11) is 0. The van der Waals surface area contributed by atoms with Crippen LogP contribution in [-0.2, 0) is 28.6 Å². The molecule has 0 N–H and O–H groups in total. The van der Waals surface area contributed by atoms with E-state index in [4.69, 9.17) is 14.2 Å². The Morgan fingerprint density at radius 1 is 0.349 bits per heavy atom. The van der Waals surface area contributed by atoms with Gasteiger partial charge in [-0.2, -0.15) is 0 Å². The largest absolute Gasteiger partial charge is 0.462 e. The van der Waals surface area contributed by atoms with Crippen LogP contribution in [0.2, 0.25) is 0 Å². The summed E-state index contributed by atoms with van der Waals surface area (Å²) in [4.78, 5) is 37.9. The third-order valence-corrected chi connectivity index (χ3v) is 10.6. The minimum absolute atomic E-state index is 0.0929. The minimum Gasteiger partial charge on any atom is -0.462 e. The molecule has 0 fully saturated rings. The van der Waals surface area contributed by atoms with Gasteiger partial charge in [-0.15, -0.1) is 0 Å². The molecule has 0 aliphatic carbocycles. The molecule has 0 aromatic rings. The Hall–Kier alpha value is -3.67. The lowest BCUT2D eigenvalue weighted by Crippen LogP contribution is -2.30. The lowest BCUT2D eigenvalue weighted by molar-refractivity contribution is -0.166. The van der Waals surface area contributed by atoms with Crippen molar-refractivity contribution in [2.75, 3.05) is 13.2 Å². The Kier molecular flexibility index (Phi) is 48.0. The van der Waals surface area contributed by atoms with Gasteiger partial charge in [0.05, 0.1) is 6.42 Å². The number of allylic oxidation sites excluding steroid dienone is 15. The molecule has 0 heterocycles. The summed E-state index contributed by atoms with van der Waals surface area (Å²) in [6.07, 6.45) is 67.0. The van der Waals surface area contributed by atoms with Gasteiger partial charge in [-0.1, -0.05) is 221 Å². The smallest absolute Gasteiger partial charge is 0.310 e. The molecule has 0 aromatic carbocycles. The molecule has 0 radical (unpaired) electrons. The van der Waals surface area contributed by atoms with Crippen molar-refractivity contribution >= 4 is 17.9 Å². The van der Waals surface area contributed by atoms with Crippen molar-refractivity contribution in [3.63, 3.8) is 0 Å². The van der Waals surface area contributed by atoms with Gasteiger partial charge in [0.1, 0.15) is 13.2 Å². The van der Waals surface area contributed by atoms with Crippen molar-refractivity contribution in [2.45, 2.75) is 232 Å². The SMILES string of the molecule is CC/C=C\C/C=C\C/C=C\C/C=C\C/C=C\CC(=O)OC(COC(=O)CCCCCCCC/C=C\C/C=C\C/C=C\CCCCC)COC(=O)CCCCCCCCCCCCC. The zero-order valence-corrected chi connectivity index (χ0v) is 40.8. The number of esters is 3. The monoisotopic (exact) mass is 875 g/mol. The van der Waals surface area contributed by atoms with E-state index in [1.165, 1.54) is 89.9 Å². The van der Waals surface area contributed by atoms with Crippen molar-refractivity contribution in [2.24, 2.45) is 0 Å². The van der Waals surface area contributed by atoms with Gasteiger partial charge in [0.2, 0.25) is 0 Å². The van der Waals surface area contributed by atoms with Crippen LogP contribution in [0.15, 0.2) is 97.2 Å². The van der Waals surface area contributed by atoms with Gasteiger partial charge < -0.3 is 14.2 Å². The molecule has 0 aromatic heterocycles. The Bertz CT molecular complexity index is 1280. The van der Waals surface area contributed by atoms with Crippen molar-refractivity contribution in [1.29, 1.82) is 0 Å². The van der Waals surface area contributed by atoms with E-state index in [1.54, 1.807) is 6.08 Å². The van der Waals surface area contributed by atoms with Crippen LogP contribution < -0.4 is 0 Å². The maximum Gasteiger partial charge on any atom is 0.310 e. The fourth-order valence-electron chi connectivity index (χ4n) is 6.76. The molecule has 1 atom stereocenters. The fourth-order valence-corrected chi connectivity index (χ4v) is 6.76. The predicted molar refractivity (Wildman–Crippen MR) is 270 cm³/mol. The molecule has 0 rings (SSSR count). The molecular formula is C57H94O6. The highest BCUT2D eigenvalue weighted by molar-refractivity contribution is 5.72. The van der Waals surface area contributed by atoms with Crippen LogP contribution in [-0.4, -0.2) is 37.2 Å². The first-order valence-electron chi connectivity index (χ1n) is 25.7. The molecule has 63 heavy (non-hydrogen) atoms. The van der Waals surface area contributed by atoms with Gasteiger partial charge in [0.25, 0.3) is 0 Å². The standard InChI is InChI=1S/C57H94O6/c1-4-7-10-13-16-19-22-24-26-27-28-29-31-32-35-38-41-44-47-50-56(59)62-53-54(52-61-55(58)49-46-43-40-37-34-21-18-15-12-9-6-3)63-57(60)51-48-45-42-39-36-33-30-25-23-20-17-14-11-8-5-2/h8,11,16-17,19-20,24-26,28-30,36,39,45,48,54H,4-7,9-10,12-15,18,21-23,27,31-35,37-38,40-44,46-47,49-53H2,1-3H3/b11-8-,19-16-,20-17-,26-24-,29-28-,30-25-,39-36-,48-45-. The average molecular weight is 875 g/mol. The lowest BCUT2D eigenvalue weighted by atomic mass is 10.1. The van der Waals surface area contributed by atoms with E-state index < -0.39 is 12.1 Å². The number of carbonyl (C=O) groups excluding carboxylic acids is 3. The van der Waals surface area contributed by atoms with Gasteiger partial charge in [-0.25, -0.2) is 0 Å². The molecule has 6 heteroatoms. The molecule has 0 amide bonds. The number of ether oxygens (including phenoxy) is 3. The maximum absolute atomic E-state index is 12.7. The maximum atomic E-state index is 12.7. The Labute approximate surface area is 387 Å². The molecule has 0 saturated carbocycles. The van der Waals surface area contributed by atoms with Crippen LogP contribution in [0.4, 0.5) is 0 Å². The van der Waals surface area contributed by atoms with Crippen LogP contribution >= 0.6 is 0 Å². The number of carbonyl (C=O) groups is 3. The van der Waals surface area contributed by atoms with Gasteiger partial charge >= 0.3 is 17.9 Å². The van der Waals surface area contributed by atoms with Crippen molar-refractivity contribution in [3.05, 3.63) is 97.2 Å². The van der Waals surface area contributed by atoms with E-state index in [2.05, 4.69) is 106 Å². The summed E-state index contributed by atoms with van der Waals surface area (Å²) >= 11 is 0. The minimum atomic E-state index is -0.835. The van der Waals surface area contributed by atoms with Gasteiger partial charge in [0, 0.05) is 12.8 Å². The molecule has 0 bridgehead atoms. The second kappa shape index (κ2) is 51.0. The first-order valence-corrected chi connectivity index (χ1v) is 25.7. The summed E-state index contributed by atoms with van der Waals surface area (Å²) in [5.41, 5.74) is 0. The first kappa shape index (κ1) is 59.3. The third kappa shape index (κ3) is 49.2. The normalized spacial score (nSPS) is 12.9. The number of rotatable bonds is 45. The zero-order valence-electron chi connectivity index (χ0n) is 40.8. The van der Waals surface area contributed by atoms with Gasteiger partial charge in [0.15, 0.2) is 6.10 Å². The van der Waals surface area contributed by atoms with Crippen molar-refractivity contribution < 1.29 is 28.6 Å². The third-order valence-electron chi connectivity index (χ3n) is 10.6. The highest BCUT2D eigenvalue weighted by Gasteiger charge is 2.19. The summed E-state index contributed by atoms with van der Waals surface area (Å²) in [6, 6.07) is 0. The Morgan fingerprint density at radius 3 is 1.08 bits per heavy atom. The molecule has 6 nitrogen and oxygen atoms in total. The molecule has 1 unspecified atom stereocenters. The molecular weight excluding hydrogens is 781 g/mol. The van der Waals surface area contributed by atoms with Crippen LogP contribution in [0.1, 0.15) is 226 Å². The van der Waals surface area contributed by atoms with Crippen molar-refractivity contribution in [1.82, 2.24) is 0 Å². The topological polar surface area (TPSA) is 78.9 Å². The second-order valence-corrected chi connectivity index (χ2v) is 16.7. The highest BCUT2D eigenvalue weighted by atomic mass is 16.6. The van der Waals surface area contributed by atoms with Crippen LogP contribution in [0.5, 0.6) is 0 Å². The van der Waals surface area contributed by atoms with E-state index in [-0.39, 0.29) is 31.6 Å². The number of hydrogen-bond donors (Lipinski definition) is 0. The van der Waals surface area contributed by atoms with Crippen LogP contribution in [0.3, 0.4) is 0 Å². The Morgan fingerprint density at radius 2 is 0.667 bits per heavy atom. The average Bonchev–Trinajstić information content (AvgIpc) is 3.28. The van der Waals surface area contributed by atoms with E-state index in [0.29, 0.717) is 12.8 Å². The van der Waals surface area contributed by atoms with Gasteiger partial charge in [-0.05, 0) is 83.5 Å². The lowest BCUT2D eigenvalue weighted by Gasteiger charge is -2.18. The summed E-state index contributed by atoms with van der Waals surface area (Å²) in [5.74, 6) is -1.07. The van der Waals surface area contributed by atoms with E-state index in [9.17, 15) is 14.4 Å². The Balaban J connectivity index is 4.50. The van der Waals surface area contributed by atoms with Crippen LogP contribution in [0, 0.1) is 0 Å². The zero-order chi connectivity index (χ0) is 45.8. The van der Waals surface area contributed by atoms with Crippen molar-refractivity contribution in [3.8, 4) is 0 Å². The number of hydrogen-bond acceptors (Lipinski definition) is 6. The summed E-state index contributed by atoms with van der Waals surface area (Å²) < 4.78 is 16.7. The predicted octanol–water partition coefficient (Wildman–Crippen LogP) is 17.0. The molecule has 0 aliphatic heterocycles.